The van der Waals surface area contributed by atoms with E-state index in [4.69, 9.17) is 0 Å². The number of ketones is 1. The summed E-state index contributed by atoms with van der Waals surface area (Å²) in [4.78, 5) is 52.9. The van der Waals surface area contributed by atoms with Gasteiger partial charge in [0.05, 0.1) is 6.54 Å². The number of hydrogen-bond donors (Lipinski definition) is 1. The van der Waals surface area contributed by atoms with Gasteiger partial charge in [0, 0.05) is 24.2 Å². The second kappa shape index (κ2) is 7.74. The third-order valence-electron chi connectivity index (χ3n) is 5.85. The van der Waals surface area contributed by atoms with Gasteiger partial charge in [0.15, 0.2) is 5.78 Å². The quantitative estimate of drug-likeness (QED) is 0.626. The van der Waals surface area contributed by atoms with E-state index < -0.39 is 11.6 Å². The molecule has 0 aromatic heterocycles. The number of benzene rings is 2. The zero-order valence-electron chi connectivity index (χ0n) is 16.8. The monoisotopic (exact) mass is 405 g/mol. The Hall–Kier alpha value is -3.48. The average molecular weight is 405 g/mol. The fourth-order valence-corrected chi connectivity index (χ4v) is 4.07. The van der Waals surface area contributed by atoms with Crippen molar-refractivity contribution in [3.05, 3.63) is 71.3 Å². The predicted octanol–water partition coefficient (Wildman–Crippen LogP) is 2.62. The van der Waals surface area contributed by atoms with Crippen molar-refractivity contribution in [1.29, 1.82) is 0 Å². The molecule has 0 radical (unpaired) electrons. The first-order chi connectivity index (χ1) is 14.4. The van der Waals surface area contributed by atoms with Crippen molar-refractivity contribution >= 4 is 23.6 Å². The Labute approximate surface area is 174 Å². The van der Waals surface area contributed by atoms with Crippen molar-refractivity contribution in [1.82, 2.24) is 15.1 Å². The molecule has 0 saturated carbocycles. The summed E-state index contributed by atoms with van der Waals surface area (Å²) < 4.78 is 0. The van der Waals surface area contributed by atoms with E-state index in [1.54, 1.807) is 29.2 Å². The van der Waals surface area contributed by atoms with Crippen LogP contribution in [0.3, 0.4) is 0 Å². The standard InChI is InChI=1S/C23H23N3O4/c1-16(27)18-8-5-9-19(14-18)20(28)25-12-10-23(11-13-25)21(29)26(22(30)24-23)15-17-6-3-2-4-7-17/h2-9,14H,10-13,15H2,1H3,(H,24,30). The molecule has 2 aliphatic rings. The van der Waals surface area contributed by atoms with Gasteiger partial charge in [-0.05, 0) is 37.5 Å². The molecule has 0 bridgehead atoms. The SMILES string of the molecule is CC(=O)c1cccc(C(=O)N2CCC3(CC2)NC(=O)N(Cc2ccccc2)C3=O)c1. The van der Waals surface area contributed by atoms with Crippen LogP contribution in [0.5, 0.6) is 0 Å². The minimum Gasteiger partial charge on any atom is -0.338 e. The lowest BCUT2D eigenvalue weighted by atomic mass is 9.87. The summed E-state index contributed by atoms with van der Waals surface area (Å²) in [6, 6.07) is 15.6. The van der Waals surface area contributed by atoms with E-state index in [0.29, 0.717) is 37.1 Å². The molecule has 7 heteroatoms. The van der Waals surface area contributed by atoms with Crippen LogP contribution in [0, 0.1) is 0 Å². The second-order valence-electron chi connectivity index (χ2n) is 7.82. The lowest BCUT2D eigenvalue weighted by Crippen LogP contribution is -2.55. The summed E-state index contributed by atoms with van der Waals surface area (Å²) in [6.45, 7) is 2.40. The lowest BCUT2D eigenvalue weighted by molar-refractivity contribution is -0.133. The van der Waals surface area contributed by atoms with Crippen molar-refractivity contribution in [2.45, 2.75) is 31.8 Å². The molecule has 154 valence electrons. The molecule has 0 unspecified atom stereocenters. The smallest absolute Gasteiger partial charge is 0.325 e. The van der Waals surface area contributed by atoms with Gasteiger partial charge >= 0.3 is 6.03 Å². The number of hydrogen-bond acceptors (Lipinski definition) is 4. The molecule has 2 saturated heterocycles. The number of imide groups is 1. The lowest BCUT2D eigenvalue weighted by Gasteiger charge is -2.37. The Morgan fingerprint density at radius 3 is 2.30 bits per heavy atom. The number of carbonyl (C=O) groups excluding carboxylic acids is 4. The first-order valence-electron chi connectivity index (χ1n) is 9.98. The summed E-state index contributed by atoms with van der Waals surface area (Å²) in [7, 11) is 0. The minimum absolute atomic E-state index is 0.0972. The number of urea groups is 1. The molecule has 4 rings (SSSR count). The summed E-state index contributed by atoms with van der Waals surface area (Å²) >= 11 is 0. The number of likely N-dealkylation sites (tertiary alicyclic amines) is 1. The van der Waals surface area contributed by atoms with Crippen LogP contribution in [0.25, 0.3) is 0 Å². The summed E-state index contributed by atoms with van der Waals surface area (Å²) in [5.41, 5.74) is 0.871. The van der Waals surface area contributed by atoms with E-state index in [9.17, 15) is 19.2 Å². The zero-order chi connectivity index (χ0) is 21.3. The van der Waals surface area contributed by atoms with Gasteiger partial charge in [-0.1, -0.05) is 42.5 Å². The van der Waals surface area contributed by atoms with Gasteiger partial charge in [-0.15, -0.1) is 0 Å². The highest BCUT2D eigenvalue weighted by Gasteiger charge is 2.52. The summed E-state index contributed by atoms with van der Waals surface area (Å²) in [5.74, 6) is -0.507. The first kappa shape index (κ1) is 19.8. The molecule has 2 aliphatic heterocycles. The van der Waals surface area contributed by atoms with Crippen LogP contribution in [-0.2, 0) is 11.3 Å². The van der Waals surface area contributed by atoms with Crippen molar-refractivity contribution in [3.63, 3.8) is 0 Å². The highest BCUT2D eigenvalue weighted by atomic mass is 16.2. The number of nitrogens with zero attached hydrogens (tertiary/aromatic N) is 2. The fourth-order valence-electron chi connectivity index (χ4n) is 4.07. The second-order valence-corrected chi connectivity index (χ2v) is 7.82. The third-order valence-corrected chi connectivity index (χ3v) is 5.85. The van der Waals surface area contributed by atoms with Gasteiger partial charge in [-0.2, -0.15) is 0 Å². The minimum atomic E-state index is -0.954. The van der Waals surface area contributed by atoms with E-state index in [0.717, 1.165) is 5.56 Å². The van der Waals surface area contributed by atoms with Gasteiger partial charge in [0.25, 0.3) is 11.8 Å². The topological polar surface area (TPSA) is 86.8 Å². The molecule has 2 aromatic rings. The van der Waals surface area contributed by atoms with E-state index in [1.807, 2.05) is 30.3 Å². The van der Waals surface area contributed by atoms with Crippen molar-refractivity contribution in [2.24, 2.45) is 0 Å². The van der Waals surface area contributed by atoms with Crippen LogP contribution in [0.4, 0.5) is 4.79 Å². The third kappa shape index (κ3) is 3.58. The Kier molecular flexibility index (Phi) is 5.11. The summed E-state index contributed by atoms with van der Waals surface area (Å²) in [6.07, 6.45) is 0.724. The number of rotatable bonds is 4. The predicted molar refractivity (Wildman–Crippen MR) is 110 cm³/mol. The molecule has 30 heavy (non-hydrogen) atoms. The highest BCUT2D eigenvalue weighted by Crippen LogP contribution is 2.31. The fraction of sp³-hybridized carbons (Fsp3) is 0.304. The molecule has 4 amide bonds. The number of amides is 4. The number of nitrogens with one attached hydrogen (secondary N) is 1. The van der Waals surface area contributed by atoms with Crippen molar-refractivity contribution in [2.75, 3.05) is 13.1 Å². The van der Waals surface area contributed by atoms with Crippen LogP contribution in [0.2, 0.25) is 0 Å². The van der Waals surface area contributed by atoms with Crippen LogP contribution in [-0.4, -0.2) is 52.1 Å². The van der Waals surface area contributed by atoms with Gasteiger partial charge in [0.1, 0.15) is 5.54 Å². The molecule has 2 heterocycles. The zero-order valence-corrected chi connectivity index (χ0v) is 16.8. The molecule has 2 fully saturated rings. The van der Waals surface area contributed by atoms with Gasteiger partial charge in [-0.3, -0.25) is 19.3 Å². The molecule has 0 aliphatic carbocycles. The number of Topliss-reactive ketones (excluding diaryl/α,β-unsaturated/α-hetero) is 1. The number of carbonyl (C=O) groups is 4. The van der Waals surface area contributed by atoms with Gasteiger partial charge < -0.3 is 10.2 Å². The molecular weight excluding hydrogens is 382 g/mol. The Morgan fingerprint density at radius 2 is 1.63 bits per heavy atom. The van der Waals surface area contributed by atoms with E-state index in [1.165, 1.54) is 11.8 Å². The molecule has 1 spiro atoms. The maximum absolute atomic E-state index is 13.1. The first-order valence-corrected chi connectivity index (χ1v) is 9.98. The normalized spacial score (nSPS) is 17.9. The number of piperidine rings is 1. The van der Waals surface area contributed by atoms with Crippen molar-refractivity contribution in [3.8, 4) is 0 Å². The van der Waals surface area contributed by atoms with Crippen LogP contribution >= 0.6 is 0 Å². The Bertz CT molecular complexity index is 1010. The maximum atomic E-state index is 13.1. The molecule has 2 aromatic carbocycles. The Morgan fingerprint density at radius 1 is 0.967 bits per heavy atom. The molecule has 0 atom stereocenters. The van der Waals surface area contributed by atoms with Crippen LogP contribution in [0.1, 0.15) is 46.0 Å². The molecule has 1 N–H and O–H groups in total. The van der Waals surface area contributed by atoms with Gasteiger partial charge in [-0.25, -0.2) is 4.79 Å². The highest BCUT2D eigenvalue weighted by molar-refractivity contribution is 6.07. The van der Waals surface area contributed by atoms with Gasteiger partial charge in [0.2, 0.25) is 0 Å². The Balaban J connectivity index is 1.44. The molecular formula is C23H23N3O4. The average Bonchev–Trinajstić information content (AvgIpc) is 2.98. The van der Waals surface area contributed by atoms with E-state index >= 15 is 0 Å². The van der Waals surface area contributed by atoms with E-state index in [-0.39, 0.29) is 24.1 Å². The maximum Gasteiger partial charge on any atom is 0.325 e. The molecule has 7 nitrogen and oxygen atoms in total. The van der Waals surface area contributed by atoms with E-state index in [2.05, 4.69) is 5.32 Å². The van der Waals surface area contributed by atoms with Crippen LogP contribution in [0.15, 0.2) is 54.6 Å². The summed E-state index contributed by atoms with van der Waals surface area (Å²) in [5, 5.41) is 2.87. The van der Waals surface area contributed by atoms with Crippen molar-refractivity contribution < 1.29 is 19.2 Å². The van der Waals surface area contributed by atoms with Crippen LogP contribution < -0.4 is 5.32 Å². The largest absolute Gasteiger partial charge is 0.338 e.